The molecule has 152 valence electrons. The molecule has 0 saturated carbocycles. The second-order valence-electron chi connectivity index (χ2n) is 7.49. The van der Waals surface area contributed by atoms with Crippen molar-refractivity contribution in [2.24, 2.45) is 0 Å². The minimum absolute atomic E-state index is 0.0297. The maximum Gasteiger partial charge on any atom is 0.241 e. The molecule has 2 aromatic carbocycles. The average Bonchev–Trinajstić information content (AvgIpc) is 2.68. The van der Waals surface area contributed by atoms with Crippen molar-refractivity contribution < 1.29 is 14.3 Å². The summed E-state index contributed by atoms with van der Waals surface area (Å²) < 4.78 is 10.8. The predicted octanol–water partition coefficient (Wildman–Crippen LogP) is 4.59. The first-order chi connectivity index (χ1) is 13.3. The van der Waals surface area contributed by atoms with E-state index in [1.165, 1.54) is 5.56 Å². The number of likely N-dealkylation sites (N-methyl/N-ethyl adjacent to an activating group) is 1. The summed E-state index contributed by atoms with van der Waals surface area (Å²) in [6.45, 7) is 8.88. The molecule has 1 atom stereocenters. The summed E-state index contributed by atoms with van der Waals surface area (Å²) in [6, 6.07) is 11.7. The molecule has 2 aromatic rings. The van der Waals surface area contributed by atoms with E-state index in [0.717, 1.165) is 16.8 Å². The van der Waals surface area contributed by atoms with Gasteiger partial charge in [0.05, 0.1) is 20.3 Å². The predicted molar refractivity (Wildman–Crippen MR) is 114 cm³/mol. The lowest BCUT2D eigenvalue weighted by atomic mass is 10.0. The fourth-order valence-corrected chi connectivity index (χ4v) is 3.00. The Morgan fingerprint density at radius 2 is 1.61 bits per heavy atom. The molecular formula is C23H32N2O3. The molecule has 1 amide bonds. The highest BCUT2D eigenvalue weighted by atomic mass is 16.5. The standard InChI is InChI=1S/C23H32N2O3/c1-15(2)18-8-10-20(11-9-18)24-23(26)17(4)25(5)14-19-13-22(28-7)21(27-6)12-16(19)3/h8-13,15,17H,14H2,1-7H3,(H,24,26)/t17-/m0/s1. The Hall–Kier alpha value is -2.53. The molecule has 0 radical (unpaired) electrons. The smallest absolute Gasteiger partial charge is 0.241 e. The van der Waals surface area contributed by atoms with Gasteiger partial charge in [0.15, 0.2) is 11.5 Å². The third kappa shape index (κ3) is 5.26. The number of hydrogen-bond donors (Lipinski definition) is 1. The molecule has 28 heavy (non-hydrogen) atoms. The lowest BCUT2D eigenvalue weighted by Gasteiger charge is -2.25. The second kappa shape index (κ2) is 9.60. The number of nitrogens with zero attached hydrogens (tertiary/aromatic N) is 1. The minimum atomic E-state index is -0.280. The number of nitrogens with one attached hydrogen (secondary N) is 1. The van der Waals surface area contributed by atoms with E-state index in [4.69, 9.17) is 9.47 Å². The van der Waals surface area contributed by atoms with Gasteiger partial charge in [-0.1, -0.05) is 26.0 Å². The van der Waals surface area contributed by atoms with E-state index in [1.807, 2.05) is 50.1 Å². The Morgan fingerprint density at radius 1 is 1.04 bits per heavy atom. The van der Waals surface area contributed by atoms with Crippen LogP contribution in [-0.2, 0) is 11.3 Å². The summed E-state index contributed by atoms with van der Waals surface area (Å²) in [5.74, 6) is 1.85. The SMILES string of the molecule is COc1cc(C)c(CN(C)[C@@H](C)C(=O)Nc2ccc(C(C)C)cc2)cc1OC. The highest BCUT2D eigenvalue weighted by Crippen LogP contribution is 2.31. The van der Waals surface area contributed by atoms with Crippen molar-refractivity contribution in [3.05, 3.63) is 53.1 Å². The number of hydrogen-bond acceptors (Lipinski definition) is 4. The molecule has 0 bridgehead atoms. The number of ether oxygens (including phenoxy) is 2. The summed E-state index contributed by atoms with van der Waals surface area (Å²) >= 11 is 0. The number of amides is 1. The van der Waals surface area contributed by atoms with E-state index in [2.05, 4.69) is 31.3 Å². The van der Waals surface area contributed by atoms with Gasteiger partial charge in [-0.05, 0) is 67.8 Å². The molecule has 1 N–H and O–H groups in total. The molecule has 0 aromatic heterocycles. The molecule has 5 heteroatoms. The van der Waals surface area contributed by atoms with Gasteiger partial charge < -0.3 is 14.8 Å². The Balaban J connectivity index is 2.05. The van der Waals surface area contributed by atoms with Crippen molar-refractivity contribution in [3.8, 4) is 11.5 Å². The first kappa shape index (κ1) is 21.8. The van der Waals surface area contributed by atoms with Crippen LogP contribution >= 0.6 is 0 Å². The molecule has 0 aliphatic rings. The number of benzene rings is 2. The molecule has 0 aliphatic carbocycles. The molecule has 0 saturated heterocycles. The van der Waals surface area contributed by atoms with Gasteiger partial charge in [0.25, 0.3) is 0 Å². The normalized spacial score (nSPS) is 12.2. The van der Waals surface area contributed by atoms with Crippen LogP contribution in [0.4, 0.5) is 5.69 Å². The van der Waals surface area contributed by atoms with Crippen LogP contribution in [0.3, 0.4) is 0 Å². The van der Waals surface area contributed by atoms with Crippen molar-refractivity contribution in [1.82, 2.24) is 4.90 Å². The van der Waals surface area contributed by atoms with Crippen molar-refractivity contribution >= 4 is 11.6 Å². The lowest BCUT2D eigenvalue weighted by molar-refractivity contribution is -0.120. The number of carbonyl (C=O) groups is 1. The van der Waals surface area contributed by atoms with Gasteiger partial charge in [-0.2, -0.15) is 0 Å². The van der Waals surface area contributed by atoms with E-state index in [-0.39, 0.29) is 11.9 Å². The average molecular weight is 385 g/mol. The number of carbonyl (C=O) groups excluding carboxylic acids is 1. The van der Waals surface area contributed by atoms with Crippen LogP contribution < -0.4 is 14.8 Å². The molecule has 2 rings (SSSR count). The van der Waals surface area contributed by atoms with Crippen LogP contribution in [-0.4, -0.2) is 38.1 Å². The van der Waals surface area contributed by atoms with Crippen LogP contribution in [0.1, 0.15) is 43.4 Å². The van der Waals surface area contributed by atoms with Crippen LogP contribution in [0, 0.1) is 6.92 Å². The zero-order valence-corrected chi connectivity index (χ0v) is 18.0. The lowest BCUT2D eigenvalue weighted by Crippen LogP contribution is -2.39. The maximum absolute atomic E-state index is 12.7. The minimum Gasteiger partial charge on any atom is -0.493 e. The number of aryl methyl sites for hydroxylation is 1. The van der Waals surface area contributed by atoms with Crippen LogP contribution in [0.15, 0.2) is 36.4 Å². The first-order valence-electron chi connectivity index (χ1n) is 9.59. The van der Waals surface area contributed by atoms with Gasteiger partial charge in [0.1, 0.15) is 0 Å². The van der Waals surface area contributed by atoms with Crippen molar-refractivity contribution in [2.45, 2.75) is 46.2 Å². The third-order valence-corrected chi connectivity index (χ3v) is 5.15. The van der Waals surface area contributed by atoms with Crippen molar-refractivity contribution in [1.29, 1.82) is 0 Å². The molecular weight excluding hydrogens is 352 g/mol. The Kier molecular flexibility index (Phi) is 7.46. The summed E-state index contributed by atoms with van der Waals surface area (Å²) in [7, 11) is 5.20. The number of methoxy groups -OCH3 is 2. The topological polar surface area (TPSA) is 50.8 Å². The summed E-state index contributed by atoms with van der Waals surface area (Å²) in [5.41, 5.74) is 4.27. The second-order valence-corrected chi connectivity index (χ2v) is 7.49. The zero-order chi connectivity index (χ0) is 20.8. The third-order valence-electron chi connectivity index (χ3n) is 5.15. The Morgan fingerprint density at radius 3 is 2.14 bits per heavy atom. The van der Waals surface area contributed by atoms with Gasteiger partial charge in [0, 0.05) is 12.2 Å². The van der Waals surface area contributed by atoms with Gasteiger partial charge >= 0.3 is 0 Å². The van der Waals surface area contributed by atoms with E-state index < -0.39 is 0 Å². The van der Waals surface area contributed by atoms with E-state index in [9.17, 15) is 4.79 Å². The quantitative estimate of drug-likeness (QED) is 0.723. The fraction of sp³-hybridized carbons (Fsp3) is 0.435. The molecule has 0 aliphatic heterocycles. The fourth-order valence-electron chi connectivity index (χ4n) is 3.00. The summed E-state index contributed by atoms with van der Waals surface area (Å²) in [6.07, 6.45) is 0. The van der Waals surface area contributed by atoms with E-state index in [0.29, 0.717) is 24.0 Å². The van der Waals surface area contributed by atoms with Crippen LogP contribution in [0.5, 0.6) is 11.5 Å². The Bertz CT molecular complexity index is 800. The number of rotatable bonds is 8. The van der Waals surface area contributed by atoms with Gasteiger partial charge in [-0.3, -0.25) is 9.69 Å². The van der Waals surface area contributed by atoms with Crippen molar-refractivity contribution in [2.75, 3.05) is 26.6 Å². The molecule has 0 heterocycles. The first-order valence-corrected chi connectivity index (χ1v) is 9.59. The largest absolute Gasteiger partial charge is 0.493 e. The zero-order valence-electron chi connectivity index (χ0n) is 18.0. The maximum atomic E-state index is 12.7. The summed E-state index contributed by atoms with van der Waals surface area (Å²) in [4.78, 5) is 14.7. The highest BCUT2D eigenvalue weighted by Gasteiger charge is 2.20. The molecule has 0 unspecified atom stereocenters. The van der Waals surface area contributed by atoms with Crippen molar-refractivity contribution in [3.63, 3.8) is 0 Å². The van der Waals surface area contributed by atoms with Crippen LogP contribution in [0.2, 0.25) is 0 Å². The molecule has 0 fully saturated rings. The summed E-state index contributed by atoms with van der Waals surface area (Å²) in [5, 5.41) is 3.00. The van der Waals surface area contributed by atoms with Gasteiger partial charge in [-0.25, -0.2) is 0 Å². The van der Waals surface area contributed by atoms with Gasteiger partial charge in [0.2, 0.25) is 5.91 Å². The molecule has 0 spiro atoms. The van der Waals surface area contributed by atoms with Crippen LogP contribution in [0.25, 0.3) is 0 Å². The Labute approximate surface area is 168 Å². The number of anilines is 1. The van der Waals surface area contributed by atoms with E-state index in [1.54, 1.807) is 14.2 Å². The van der Waals surface area contributed by atoms with Gasteiger partial charge in [-0.15, -0.1) is 0 Å². The van der Waals surface area contributed by atoms with E-state index >= 15 is 0 Å². The highest BCUT2D eigenvalue weighted by molar-refractivity contribution is 5.94. The monoisotopic (exact) mass is 384 g/mol. The molecule has 5 nitrogen and oxygen atoms in total.